The number of carbonyl (C=O) groups excluding carboxylic acids is 1. The van der Waals surface area contributed by atoms with Crippen molar-refractivity contribution < 1.29 is 14.7 Å². The summed E-state index contributed by atoms with van der Waals surface area (Å²) >= 11 is 0. The number of carbonyl (C=O) groups is 2. The maximum Gasteiger partial charge on any atom is 0.337 e. The number of carboxylic acid groups (broad SMARTS) is 1. The van der Waals surface area contributed by atoms with Crippen LogP contribution in [0.2, 0.25) is 0 Å². The van der Waals surface area contributed by atoms with Crippen LogP contribution in [0.25, 0.3) is 0 Å². The van der Waals surface area contributed by atoms with Crippen LogP contribution in [-0.4, -0.2) is 22.1 Å². The van der Waals surface area contributed by atoms with Gasteiger partial charge in [-0.1, -0.05) is 29.8 Å². The van der Waals surface area contributed by atoms with Crippen LogP contribution in [-0.2, 0) is 6.54 Å². The van der Waals surface area contributed by atoms with E-state index in [9.17, 15) is 9.59 Å². The monoisotopic (exact) mass is 285 g/mol. The Morgan fingerprint density at radius 3 is 2.76 bits per heavy atom. The number of carboxylic acids is 1. The normalized spacial score (nSPS) is 9.95. The number of rotatable bonds is 4. The Labute approximate surface area is 121 Å². The van der Waals surface area contributed by atoms with Gasteiger partial charge in [0.2, 0.25) is 0 Å². The van der Waals surface area contributed by atoms with E-state index in [2.05, 4.69) is 15.6 Å². The average molecular weight is 285 g/mol. The van der Waals surface area contributed by atoms with Gasteiger partial charge in [-0.25, -0.2) is 9.59 Å². The number of nitrogens with zero attached hydrogens (tertiary/aromatic N) is 1. The maximum atomic E-state index is 11.8. The summed E-state index contributed by atoms with van der Waals surface area (Å²) < 4.78 is 0. The number of anilines is 1. The lowest BCUT2D eigenvalue weighted by molar-refractivity contribution is 0.0696. The number of hydrogen-bond donors (Lipinski definition) is 3. The predicted octanol–water partition coefficient (Wildman–Crippen LogP) is 2.41. The van der Waals surface area contributed by atoms with Gasteiger partial charge >= 0.3 is 12.0 Å². The zero-order valence-electron chi connectivity index (χ0n) is 11.5. The minimum absolute atomic E-state index is 0.0199. The highest BCUT2D eigenvalue weighted by Crippen LogP contribution is 2.08. The zero-order valence-corrected chi connectivity index (χ0v) is 11.5. The predicted molar refractivity (Wildman–Crippen MR) is 78.2 cm³/mol. The van der Waals surface area contributed by atoms with E-state index in [-0.39, 0.29) is 5.56 Å². The van der Waals surface area contributed by atoms with E-state index in [4.69, 9.17) is 5.11 Å². The number of urea groups is 1. The molecule has 21 heavy (non-hydrogen) atoms. The Morgan fingerprint density at radius 1 is 1.24 bits per heavy atom. The van der Waals surface area contributed by atoms with Crippen LogP contribution >= 0.6 is 0 Å². The Hall–Kier alpha value is -2.89. The quantitative estimate of drug-likeness (QED) is 0.804. The fourth-order valence-corrected chi connectivity index (χ4v) is 1.80. The van der Waals surface area contributed by atoms with Gasteiger partial charge in [0.1, 0.15) is 0 Å². The molecule has 6 nitrogen and oxygen atoms in total. The highest BCUT2D eigenvalue weighted by atomic mass is 16.4. The number of amides is 2. The average Bonchev–Trinajstić information content (AvgIpc) is 2.45. The molecule has 0 saturated carbocycles. The molecule has 3 N–H and O–H groups in total. The van der Waals surface area contributed by atoms with Crippen LogP contribution in [0.15, 0.2) is 42.7 Å². The maximum absolute atomic E-state index is 11.8. The number of aromatic carboxylic acids is 1. The molecule has 0 aliphatic rings. The third-order valence-electron chi connectivity index (χ3n) is 2.78. The van der Waals surface area contributed by atoms with Crippen LogP contribution in [0.1, 0.15) is 21.5 Å². The molecule has 2 aromatic rings. The molecule has 1 aromatic heterocycles. The minimum atomic E-state index is -1.09. The van der Waals surface area contributed by atoms with Crippen molar-refractivity contribution in [2.45, 2.75) is 13.5 Å². The molecule has 2 rings (SSSR count). The SMILES string of the molecule is Cc1cccc(CNC(=O)Nc2cncc(C(=O)O)c2)c1. The van der Waals surface area contributed by atoms with E-state index < -0.39 is 12.0 Å². The summed E-state index contributed by atoms with van der Waals surface area (Å²) in [5, 5.41) is 14.1. The molecule has 1 heterocycles. The largest absolute Gasteiger partial charge is 0.478 e. The van der Waals surface area contributed by atoms with Crippen molar-refractivity contribution in [1.29, 1.82) is 0 Å². The van der Waals surface area contributed by atoms with E-state index in [0.29, 0.717) is 12.2 Å². The van der Waals surface area contributed by atoms with Crippen molar-refractivity contribution in [2.24, 2.45) is 0 Å². The van der Waals surface area contributed by atoms with Gasteiger partial charge in [0.05, 0.1) is 17.4 Å². The van der Waals surface area contributed by atoms with Gasteiger partial charge in [-0.2, -0.15) is 0 Å². The Bertz CT molecular complexity index is 671. The zero-order chi connectivity index (χ0) is 15.2. The first kappa shape index (κ1) is 14.5. The van der Waals surface area contributed by atoms with Crippen molar-refractivity contribution in [3.05, 3.63) is 59.4 Å². The van der Waals surface area contributed by atoms with E-state index >= 15 is 0 Å². The lowest BCUT2D eigenvalue weighted by Gasteiger charge is -2.08. The number of pyridine rings is 1. The molecule has 2 amide bonds. The van der Waals surface area contributed by atoms with Crippen molar-refractivity contribution in [1.82, 2.24) is 10.3 Å². The summed E-state index contributed by atoms with van der Waals surface area (Å²) in [5.74, 6) is -1.09. The molecule has 108 valence electrons. The third-order valence-corrected chi connectivity index (χ3v) is 2.78. The van der Waals surface area contributed by atoms with Gasteiger partial charge in [0.15, 0.2) is 0 Å². The second-order valence-electron chi connectivity index (χ2n) is 4.56. The first-order valence-corrected chi connectivity index (χ1v) is 6.33. The summed E-state index contributed by atoms with van der Waals surface area (Å²) in [5.41, 5.74) is 2.46. The molecule has 0 bridgehead atoms. The molecule has 0 spiro atoms. The molecular weight excluding hydrogens is 270 g/mol. The van der Waals surface area contributed by atoms with Crippen molar-refractivity contribution in [2.75, 3.05) is 5.32 Å². The second-order valence-corrected chi connectivity index (χ2v) is 4.56. The molecule has 0 saturated heterocycles. The molecule has 0 aliphatic carbocycles. The highest BCUT2D eigenvalue weighted by Gasteiger charge is 2.06. The first-order chi connectivity index (χ1) is 10.0. The number of benzene rings is 1. The number of aryl methyl sites for hydroxylation is 1. The van der Waals surface area contributed by atoms with Gasteiger partial charge in [0, 0.05) is 12.7 Å². The Morgan fingerprint density at radius 2 is 2.05 bits per heavy atom. The highest BCUT2D eigenvalue weighted by molar-refractivity contribution is 5.92. The third kappa shape index (κ3) is 4.31. The van der Waals surface area contributed by atoms with Crippen molar-refractivity contribution in [3.8, 4) is 0 Å². The smallest absolute Gasteiger partial charge is 0.337 e. The van der Waals surface area contributed by atoms with Crippen molar-refractivity contribution in [3.63, 3.8) is 0 Å². The van der Waals surface area contributed by atoms with Gasteiger partial charge in [-0.15, -0.1) is 0 Å². The summed E-state index contributed by atoms with van der Waals surface area (Å²) in [4.78, 5) is 26.3. The topological polar surface area (TPSA) is 91.3 Å². The summed E-state index contributed by atoms with van der Waals surface area (Å²) in [6, 6.07) is 8.73. The van der Waals surface area contributed by atoms with Crippen LogP contribution in [0.4, 0.5) is 10.5 Å². The lowest BCUT2D eigenvalue weighted by Crippen LogP contribution is -2.28. The molecule has 0 atom stereocenters. The van der Waals surface area contributed by atoms with E-state index in [0.717, 1.165) is 11.1 Å². The van der Waals surface area contributed by atoms with Crippen molar-refractivity contribution >= 4 is 17.7 Å². The lowest BCUT2D eigenvalue weighted by atomic mass is 10.1. The molecule has 6 heteroatoms. The Kier molecular flexibility index (Phi) is 4.50. The minimum Gasteiger partial charge on any atom is -0.478 e. The van der Waals surface area contributed by atoms with Gasteiger partial charge in [-0.3, -0.25) is 4.98 Å². The van der Waals surface area contributed by atoms with Gasteiger partial charge in [-0.05, 0) is 18.6 Å². The second kappa shape index (κ2) is 6.51. The van der Waals surface area contributed by atoms with Crippen LogP contribution in [0.5, 0.6) is 0 Å². The van der Waals surface area contributed by atoms with Gasteiger partial charge < -0.3 is 15.7 Å². The first-order valence-electron chi connectivity index (χ1n) is 6.33. The van der Waals surface area contributed by atoms with Crippen LogP contribution < -0.4 is 10.6 Å². The fourth-order valence-electron chi connectivity index (χ4n) is 1.80. The standard InChI is InChI=1S/C15H15N3O3/c1-10-3-2-4-11(5-10)7-17-15(21)18-13-6-12(14(19)20)8-16-9-13/h2-6,8-9H,7H2,1H3,(H,19,20)(H2,17,18,21). The number of nitrogens with one attached hydrogen (secondary N) is 2. The van der Waals surface area contributed by atoms with Crippen LogP contribution in [0.3, 0.4) is 0 Å². The van der Waals surface area contributed by atoms with E-state index in [1.807, 2.05) is 31.2 Å². The fraction of sp³-hybridized carbons (Fsp3) is 0.133. The number of hydrogen-bond acceptors (Lipinski definition) is 3. The van der Waals surface area contributed by atoms with Gasteiger partial charge in [0.25, 0.3) is 0 Å². The Balaban J connectivity index is 1.93. The van der Waals surface area contributed by atoms with E-state index in [1.54, 1.807) is 0 Å². The summed E-state index contributed by atoms with van der Waals surface area (Å²) in [6.07, 6.45) is 2.61. The molecule has 0 fully saturated rings. The summed E-state index contributed by atoms with van der Waals surface area (Å²) in [7, 11) is 0. The number of aromatic nitrogens is 1. The molecule has 1 aromatic carbocycles. The van der Waals surface area contributed by atoms with Crippen LogP contribution in [0, 0.1) is 6.92 Å². The molecular formula is C15H15N3O3. The molecule has 0 radical (unpaired) electrons. The summed E-state index contributed by atoms with van der Waals surface area (Å²) in [6.45, 7) is 2.37. The van der Waals surface area contributed by atoms with E-state index in [1.165, 1.54) is 18.5 Å². The molecule has 0 unspecified atom stereocenters. The molecule has 0 aliphatic heterocycles.